The third-order valence-electron chi connectivity index (χ3n) is 4.63. The molecule has 2 aromatic rings. The summed E-state index contributed by atoms with van der Waals surface area (Å²) in [6.07, 6.45) is -4.99. The lowest BCUT2D eigenvalue weighted by Gasteiger charge is -2.16. The molecule has 35 heavy (non-hydrogen) atoms. The number of aromatic nitrogens is 2. The van der Waals surface area contributed by atoms with Crippen LogP contribution in [-0.2, 0) is 22.8 Å². The zero-order chi connectivity index (χ0) is 26.1. The molecule has 0 unspecified atom stereocenters. The van der Waals surface area contributed by atoms with E-state index in [2.05, 4.69) is 4.99 Å². The van der Waals surface area contributed by atoms with Crippen molar-refractivity contribution in [1.82, 2.24) is 14.0 Å². The maximum atomic E-state index is 14.7. The second-order valence-corrected chi connectivity index (χ2v) is 9.43. The minimum absolute atomic E-state index is 0.0347. The lowest BCUT2D eigenvalue weighted by Crippen LogP contribution is -2.41. The Morgan fingerprint density at radius 1 is 1.26 bits per heavy atom. The first-order chi connectivity index (χ1) is 16.3. The van der Waals surface area contributed by atoms with Crippen LogP contribution in [-0.4, -0.2) is 60.0 Å². The maximum absolute atomic E-state index is 14.7. The van der Waals surface area contributed by atoms with Crippen molar-refractivity contribution in [3.63, 3.8) is 0 Å². The van der Waals surface area contributed by atoms with E-state index in [-0.39, 0.29) is 60.8 Å². The predicted octanol–water partition coefficient (Wildman–Crippen LogP) is 2.73. The Morgan fingerprint density at radius 3 is 2.57 bits per heavy atom. The second kappa shape index (κ2) is 10.5. The Bertz CT molecular complexity index is 1340. The molecule has 1 aromatic carbocycles. The van der Waals surface area contributed by atoms with Crippen molar-refractivity contribution >= 4 is 57.9 Å². The topological polar surface area (TPSA) is 114 Å². The van der Waals surface area contributed by atoms with E-state index in [0.29, 0.717) is 0 Å². The fraction of sp³-hybridized carbons (Fsp3) is 0.316. The number of halogens is 5. The van der Waals surface area contributed by atoms with Crippen LogP contribution in [0.2, 0.25) is 5.02 Å². The molecule has 1 aliphatic heterocycles. The number of nitrogens with zero attached hydrogens (tertiary/aromatic N) is 4. The van der Waals surface area contributed by atoms with E-state index < -0.39 is 40.6 Å². The van der Waals surface area contributed by atoms with E-state index in [1.54, 1.807) is 0 Å². The Labute approximate surface area is 207 Å². The average Bonchev–Trinajstić information content (AvgIpc) is 3.09. The van der Waals surface area contributed by atoms with Gasteiger partial charge in [-0.2, -0.15) is 13.2 Å². The number of hydrogen-bond donors (Lipinski definition) is 1. The van der Waals surface area contributed by atoms with Gasteiger partial charge in [0.15, 0.2) is 5.17 Å². The number of aliphatic carboxylic acids is 1. The third-order valence-corrected chi connectivity index (χ3v) is 6.81. The van der Waals surface area contributed by atoms with Crippen molar-refractivity contribution in [1.29, 1.82) is 0 Å². The largest absolute Gasteiger partial charge is 0.481 e. The van der Waals surface area contributed by atoms with Crippen LogP contribution in [0.25, 0.3) is 5.69 Å². The smallest absolute Gasteiger partial charge is 0.431 e. The molecule has 2 heterocycles. The van der Waals surface area contributed by atoms with Crippen molar-refractivity contribution in [2.24, 2.45) is 12.0 Å². The number of hydrogen-bond acceptors (Lipinski definition) is 7. The van der Waals surface area contributed by atoms with E-state index in [1.165, 1.54) is 4.90 Å². The Balaban J connectivity index is 2.03. The van der Waals surface area contributed by atoms with Crippen LogP contribution < -0.4 is 11.2 Å². The Morgan fingerprint density at radius 2 is 1.94 bits per heavy atom. The van der Waals surface area contributed by atoms with Gasteiger partial charge in [-0.3, -0.25) is 23.9 Å². The zero-order valence-electron chi connectivity index (χ0n) is 17.6. The molecule has 1 N–H and O–H groups in total. The molecule has 3 rings (SSSR count). The van der Waals surface area contributed by atoms with Crippen molar-refractivity contribution in [3.8, 4) is 5.69 Å². The van der Waals surface area contributed by atoms with Gasteiger partial charge in [-0.05, 0) is 12.1 Å². The zero-order valence-corrected chi connectivity index (χ0v) is 20.0. The Kier molecular flexibility index (Phi) is 8.01. The highest BCUT2D eigenvalue weighted by Crippen LogP contribution is 2.33. The van der Waals surface area contributed by atoms with Crippen molar-refractivity contribution < 1.29 is 32.3 Å². The van der Waals surface area contributed by atoms with E-state index in [9.17, 15) is 36.7 Å². The molecule has 1 amide bonds. The number of carboxylic acids is 1. The number of thioether (sulfide) groups is 2. The van der Waals surface area contributed by atoms with Gasteiger partial charge in [-0.25, -0.2) is 18.7 Å². The summed E-state index contributed by atoms with van der Waals surface area (Å²) in [4.78, 5) is 53.2. The van der Waals surface area contributed by atoms with Gasteiger partial charge in [-0.1, -0.05) is 23.4 Å². The number of aliphatic imine (C=N–C) groups is 1. The van der Waals surface area contributed by atoms with Crippen LogP contribution in [0.4, 0.5) is 23.2 Å². The third kappa shape index (κ3) is 5.90. The first-order valence-corrected chi connectivity index (χ1v) is 12.0. The molecule has 1 aromatic heterocycles. The minimum atomic E-state index is -4.99. The number of benzene rings is 1. The average molecular weight is 555 g/mol. The van der Waals surface area contributed by atoms with E-state index in [4.69, 9.17) is 16.7 Å². The number of carbonyl (C=O) groups excluding carboxylic acids is 1. The fourth-order valence-corrected chi connectivity index (χ4v) is 4.77. The second-order valence-electron chi connectivity index (χ2n) is 6.97. The molecular weight excluding hydrogens is 540 g/mol. The monoisotopic (exact) mass is 554 g/mol. The summed E-state index contributed by atoms with van der Waals surface area (Å²) in [5.74, 6) is -2.32. The highest BCUT2D eigenvalue weighted by Gasteiger charge is 2.35. The van der Waals surface area contributed by atoms with Gasteiger partial charge in [0.05, 0.1) is 27.9 Å². The molecule has 0 aliphatic carbocycles. The summed E-state index contributed by atoms with van der Waals surface area (Å²) in [7, 11) is 0.789. The van der Waals surface area contributed by atoms with Crippen molar-refractivity contribution in [3.05, 3.63) is 55.6 Å². The molecule has 1 fully saturated rings. The molecule has 0 atom stereocenters. The van der Waals surface area contributed by atoms with Crippen LogP contribution in [0.3, 0.4) is 0 Å². The first kappa shape index (κ1) is 26.8. The summed E-state index contributed by atoms with van der Waals surface area (Å²) in [6, 6.07) is 1.83. The van der Waals surface area contributed by atoms with Gasteiger partial charge in [0, 0.05) is 25.4 Å². The number of amidine groups is 1. The van der Waals surface area contributed by atoms with Crippen LogP contribution in [0.15, 0.2) is 32.8 Å². The van der Waals surface area contributed by atoms with Gasteiger partial charge < -0.3 is 5.11 Å². The van der Waals surface area contributed by atoms with Gasteiger partial charge in [0.1, 0.15) is 11.5 Å². The maximum Gasteiger partial charge on any atom is 0.431 e. The molecule has 0 spiro atoms. The van der Waals surface area contributed by atoms with Crippen molar-refractivity contribution in [2.75, 3.05) is 23.8 Å². The van der Waals surface area contributed by atoms with E-state index in [1.807, 2.05) is 0 Å². The van der Waals surface area contributed by atoms with Crippen LogP contribution in [0, 0.1) is 5.82 Å². The number of rotatable bonds is 7. The molecular formula is C19H15ClF4N4O5S2. The number of carbonyl (C=O) groups is 2. The summed E-state index contributed by atoms with van der Waals surface area (Å²) in [5, 5.41) is 8.63. The molecule has 0 saturated carbocycles. The summed E-state index contributed by atoms with van der Waals surface area (Å²) in [6.45, 7) is 0.132. The fourth-order valence-electron chi connectivity index (χ4n) is 3.02. The SMILES string of the molecule is Cn1c(C(F)(F)F)cc(=O)n(-c2cc(/N=C3\SCC(=O)N3CCSCC(=O)O)c(Cl)cc2F)c1=O. The number of alkyl halides is 3. The van der Waals surface area contributed by atoms with Gasteiger partial charge in [-0.15, -0.1) is 11.8 Å². The minimum Gasteiger partial charge on any atom is -0.481 e. The molecule has 1 saturated heterocycles. The summed E-state index contributed by atoms with van der Waals surface area (Å²) in [5.41, 5.74) is -5.17. The summed E-state index contributed by atoms with van der Waals surface area (Å²) < 4.78 is 54.4. The molecule has 0 radical (unpaired) electrons. The van der Waals surface area contributed by atoms with Crippen LogP contribution >= 0.6 is 35.1 Å². The number of amides is 1. The predicted molar refractivity (Wildman–Crippen MR) is 123 cm³/mol. The lowest BCUT2D eigenvalue weighted by molar-refractivity contribution is -0.144. The van der Waals surface area contributed by atoms with Gasteiger partial charge in [0.25, 0.3) is 5.56 Å². The lowest BCUT2D eigenvalue weighted by atomic mass is 10.2. The number of carboxylic acid groups (broad SMARTS) is 1. The quantitative estimate of drug-likeness (QED) is 0.413. The van der Waals surface area contributed by atoms with Crippen molar-refractivity contribution in [2.45, 2.75) is 6.18 Å². The highest BCUT2D eigenvalue weighted by molar-refractivity contribution is 8.15. The van der Waals surface area contributed by atoms with Gasteiger partial charge >= 0.3 is 17.8 Å². The Hall–Kier alpha value is -2.78. The summed E-state index contributed by atoms with van der Waals surface area (Å²) >= 11 is 8.18. The molecule has 16 heteroatoms. The standard InChI is InChI=1S/C19H15ClF4N4O5S2/c1-26-13(19(22,23)24)6-14(29)28(18(26)33)12-5-11(9(20)4-10(12)21)25-17-27(15(30)7-35-17)2-3-34-8-16(31)32/h4-6H,2-3,7-8H2,1H3,(H,31,32)/b25-17-. The molecule has 0 bridgehead atoms. The normalized spacial score (nSPS) is 15.3. The molecule has 188 valence electrons. The molecule has 1 aliphatic rings. The van der Waals surface area contributed by atoms with E-state index in [0.717, 1.165) is 42.7 Å². The first-order valence-electron chi connectivity index (χ1n) is 9.52. The van der Waals surface area contributed by atoms with E-state index >= 15 is 0 Å². The van der Waals surface area contributed by atoms with Crippen LogP contribution in [0.5, 0.6) is 0 Å². The molecule has 9 nitrogen and oxygen atoms in total. The van der Waals surface area contributed by atoms with Crippen LogP contribution in [0.1, 0.15) is 5.69 Å². The highest BCUT2D eigenvalue weighted by atomic mass is 35.5. The van der Waals surface area contributed by atoms with Gasteiger partial charge in [0.2, 0.25) is 5.91 Å².